The van der Waals surface area contributed by atoms with Gasteiger partial charge in [0.15, 0.2) is 5.43 Å². The average molecular weight is 484 g/mol. The number of amides is 1. The van der Waals surface area contributed by atoms with Crippen molar-refractivity contribution in [1.29, 1.82) is 0 Å². The summed E-state index contributed by atoms with van der Waals surface area (Å²) in [5.41, 5.74) is 2.78. The van der Waals surface area contributed by atoms with E-state index in [0.29, 0.717) is 36.1 Å². The molecule has 0 radical (unpaired) electrons. The Labute approximate surface area is 190 Å². The minimum Gasteiger partial charge on any atom is -0.450 e. The molecule has 5 nitrogen and oxygen atoms in total. The zero-order valence-electron chi connectivity index (χ0n) is 18.2. The summed E-state index contributed by atoms with van der Waals surface area (Å²) in [7, 11) is 1.64. The number of nitrogens with zero attached hydrogens (tertiary/aromatic N) is 1. The molecule has 4 rings (SSSR count). The molecule has 0 spiro atoms. The van der Waals surface area contributed by atoms with Crippen LogP contribution in [0.3, 0.4) is 0 Å². The molecule has 3 aromatic rings. The number of ether oxygens (including phenoxy) is 1. The molecule has 1 atom stereocenters. The van der Waals surface area contributed by atoms with E-state index in [1.807, 2.05) is 12.1 Å². The summed E-state index contributed by atoms with van der Waals surface area (Å²) >= 11 is 3.43. The molecule has 0 bridgehead atoms. The number of benzene rings is 2. The van der Waals surface area contributed by atoms with Gasteiger partial charge in [-0.05, 0) is 41.2 Å². The predicted molar refractivity (Wildman–Crippen MR) is 125 cm³/mol. The molecule has 1 aromatic heterocycles. The van der Waals surface area contributed by atoms with Crippen LogP contribution in [0.4, 0.5) is 0 Å². The van der Waals surface area contributed by atoms with Gasteiger partial charge in [-0.15, -0.1) is 0 Å². The Morgan fingerprint density at radius 2 is 1.81 bits per heavy atom. The van der Waals surface area contributed by atoms with Crippen molar-refractivity contribution in [3.8, 4) is 0 Å². The summed E-state index contributed by atoms with van der Waals surface area (Å²) in [6.07, 6.45) is 0.673. The highest BCUT2D eigenvalue weighted by atomic mass is 79.9. The minimum atomic E-state index is -0.479. The highest BCUT2D eigenvalue weighted by molar-refractivity contribution is 9.10. The third kappa shape index (κ3) is 3.94. The van der Waals surface area contributed by atoms with E-state index >= 15 is 0 Å². The van der Waals surface area contributed by atoms with Crippen LogP contribution in [0.1, 0.15) is 60.5 Å². The minimum absolute atomic E-state index is 0.0155. The summed E-state index contributed by atoms with van der Waals surface area (Å²) in [5.74, 6) is -0.111. The van der Waals surface area contributed by atoms with E-state index in [4.69, 9.17) is 9.15 Å². The van der Waals surface area contributed by atoms with Gasteiger partial charge < -0.3 is 14.1 Å². The number of hydrogen-bond donors (Lipinski definition) is 0. The average Bonchev–Trinajstić information content (AvgIpc) is 3.01. The van der Waals surface area contributed by atoms with Gasteiger partial charge in [0.1, 0.15) is 5.58 Å². The molecule has 0 fully saturated rings. The quantitative estimate of drug-likeness (QED) is 0.453. The molecule has 1 aliphatic rings. The lowest BCUT2D eigenvalue weighted by Gasteiger charge is -2.26. The Kier molecular flexibility index (Phi) is 5.79. The van der Waals surface area contributed by atoms with Gasteiger partial charge in [0.25, 0.3) is 5.91 Å². The number of carbonyl (C=O) groups excluding carboxylic acids is 1. The molecule has 31 heavy (non-hydrogen) atoms. The van der Waals surface area contributed by atoms with E-state index in [-0.39, 0.29) is 22.5 Å². The van der Waals surface area contributed by atoms with Crippen LogP contribution in [0.5, 0.6) is 0 Å². The van der Waals surface area contributed by atoms with Crippen LogP contribution < -0.4 is 5.43 Å². The van der Waals surface area contributed by atoms with Crippen LogP contribution in [0.2, 0.25) is 0 Å². The Bertz CT molecular complexity index is 1190. The summed E-state index contributed by atoms with van der Waals surface area (Å²) in [6, 6.07) is 13.0. The van der Waals surface area contributed by atoms with Crippen LogP contribution >= 0.6 is 15.9 Å². The van der Waals surface area contributed by atoms with Gasteiger partial charge >= 0.3 is 0 Å². The Balaban J connectivity index is 1.88. The number of hydrogen-bond acceptors (Lipinski definition) is 4. The first-order chi connectivity index (χ1) is 14.7. The standard InChI is InChI=1S/C25H26BrNO4/c1-25(2,3)16-8-6-15(7-9-16)21-20-22(28)18-14-17(26)10-11-19(18)31-23(20)24(29)27(21)12-5-13-30-4/h6-11,14,21H,5,12-13H2,1-4H3. The lowest BCUT2D eigenvalue weighted by molar-refractivity contribution is 0.0708. The maximum Gasteiger partial charge on any atom is 0.290 e. The van der Waals surface area contributed by atoms with Crippen molar-refractivity contribution < 1.29 is 13.9 Å². The first-order valence-electron chi connectivity index (χ1n) is 10.4. The van der Waals surface area contributed by atoms with Crippen molar-refractivity contribution in [3.63, 3.8) is 0 Å². The number of carbonyl (C=O) groups is 1. The second-order valence-corrected chi connectivity index (χ2v) is 9.85. The van der Waals surface area contributed by atoms with Gasteiger partial charge in [0, 0.05) is 24.7 Å². The molecule has 6 heteroatoms. The van der Waals surface area contributed by atoms with Gasteiger partial charge in [-0.25, -0.2) is 0 Å². The van der Waals surface area contributed by atoms with Crippen LogP contribution in [0, 0.1) is 0 Å². The molecule has 0 saturated carbocycles. The van der Waals surface area contributed by atoms with Crippen LogP contribution in [0.15, 0.2) is 56.1 Å². The fraction of sp³-hybridized carbons (Fsp3) is 0.360. The normalized spacial score (nSPS) is 16.2. The van der Waals surface area contributed by atoms with Gasteiger partial charge in [0.05, 0.1) is 17.0 Å². The van der Waals surface area contributed by atoms with Gasteiger partial charge in [-0.3, -0.25) is 9.59 Å². The number of methoxy groups -OCH3 is 1. The van der Waals surface area contributed by atoms with Crippen molar-refractivity contribution in [3.05, 3.63) is 79.6 Å². The third-order valence-corrected chi connectivity index (χ3v) is 6.26. The molecular formula is C25H26BrNO4. The number of halogens is 1. The summed E-state index contributed by atoms with van der Waals surface area (Å²) in [5, 5.41) is 0.468. The van der Waals surface area contributed by atoms with E-state index in [0.717, 1.165) is 10.0 Å². The van der Waals surface area contributed by atoms with Crippen molar-refractivity contribution in [2.45, 2.75) is 38.6 Å². The molecule has 2 aromatic carbocycles. The summed E-state index contributed by atoms with van der Waals surface area (Å²) < 4.78 is 11.9. The molecule has 0 aliphatic carbocycles. The second-order valence-electron chi connectivity index (χ2n) is 8.93. The monoisotopic (exact) mass is 483 g/mol. The van der Waals surface area contributed by atoms with Crippen molar-refractivity contribution in [2.75, 3.05) is 20.3 Å². The van der Waals surface area contributed by atoms with E-state index < -0.39 is 6.04 Å². The zero-order chi connectivity index (χ0) is 22.3. The van der Waals surface area contributed by atoms with E-state index in [2.05, 4.69) is 48.8 Å². The molecule has 0 N–H and O–H groups in total. The van der Waals surface area contributed by atoms with E-state index in [1.54, 1.807) is 30.2 Å². The molecule has 162 valence electrons. The second kappa shape index (κ2) is 8.24. The van der Waals surface area contributed by atoms with Crippen molar-refractivity contribution in [1.82, 2.24) is 4.90 Å². The summed E-state index contributed by atoms with van der Waals surface area (Å²) in [6.45, 7) is 7.48. The molecule has 2 heterocycles. The van der Waals surface area contributed by atoms with Gasteiger partial charge in [0.2, 0.25) is 5.76 Å². The zero-order valence-corrected chi connectivity index (χ0v) is 19.8. The first-order valence-corrected chi connectivity index (χ1v) is 11.2. The molecule has 0 saturated heterocycles. The third-order valence-electron chi connectivity index (χ3n) is 5.77. The van der Waals surface area contributed by atoms with Crippen LogP contribution in [-0.2, 0) is 10.2 Å². The Hall–Kier alpha value is -2.44. The number of fused-ring (bicyclic) bond motifs is 2. The van der Waals surface area contributed by atoms with Crippen molar-refractivity contribution >= 4 is 32.8 Å². The molecule has 1 amide bonds. The Morgan fingerprint density at radius 1 is 1.10 bits per heavy atom. The maximum atomic E-state index is 13.5. The van der Waals surface area contributed by atoms with Crippen LogP contribution in [-0.4, -0.2) is 31.1 Å². The molecule has 1 unspecified atom stereocenters. The smallest absolute Gasteiger partial charge is 0.290 e. The Morgan fingerprint density at radius 3 is 2.45 bits per heavy atom. The predicted octanol–water partition coefficient (Wildman–Crippen LogP) is 5.43. The molecular weight excluding hydrogens is 458 g/mol. The SMILES string of the molecule is COCCCN1C(=O)c2oc3ccc(Br)cc3c(=O)c2C1c1ccc(C(C)(C)C)cc1. The maximum absolute atomic E-state index is 13.5. The topological polar surface area (TPSA) is 59.8 Å². The molecule has 1 aliphatic heterocycles. The highest BCUT2D eigenvalue weighted by Gasteiger charge is 2.42. The van der Waals surface area contributed by atoms with Crippen LogP contribution in [0.25, 0.3) is 11.0 Å². The number of rotatable bonds is 5. The van der Waals surface area contributed by atoms with Gasteiger partial charge in [-0.1, -0.05) is 61.0 Å². The fourth-order valence-corrected chi connectivity index (χ4v) is 4.48. The van der Waals surface area contributed by atoms with Gasteiger partial charge in [-0.2, -0.15) is 0 Å². The van der Waals surface area contributed by atoms with E-state index in [9.17, 15) is 9.59 Å². The lowest BCUT2D eigenvalue weighted by atomic mass is 9.86. The highest BCUT2D eigenvalue weighted by Crippen LogP contribution is 2.39. The van der Waals surface area contributed by atoms with Crippen molar-refractivity contribution in [2.24, 2.45) is 0 Å². The van der Waals surface area contributed by atoms with E-state index in [1.165, 1.54) is 5.56 Å². The lowest BCUT2D eigenvalue weighted by Crippen LogP contribution is -2.31. The summed E-state index contributed by atoms with van der Waals surface area (Å²) in [4.78, 5) is 28.6. The fourth-order valence-electron chi connectivity index (χ4n) is 4.11. The largest absolute Gasteiger partial charge is 0.450 e. The first kappa shape index (κ1) is 21.8.